The van der Waals surface area contributed by atoms with E-state index in [2.05, 4.69) is 14.7 Å². The highest BCUT2D eigenvalue weighted by Crippen LogP contribution is 2.28. The Bertz CT molecular complexity index is 794. The highest BCUT2D eigenvalue weighted by Gasteiger charge is 2.21. The highest BCUT2D eigenvalue weighted by molar-refractivity contribution is 7.92. The second kappa shape index (κ2) is 5.50. The monoisotopic (exact) mass is 330 g/mol. The zero-order chi connectivity index (χ0) is 15.6. The van der Waals surface area contributed by atoms with Gasteiger partial charge in [-0.25, -0.2) is 18.4 Å². The summed E-state index contributed by atoms with van der Waals surface area (Å²) in [4.78, 5) is 16.7. The maximum atomic E-state index is 12.1. The van der Waals surface area contributed by atoms with Crippen LogP contribution in [0, 0.1) is 10.1 Å². The number of hydrogen-bond acceptors (Lipinski definition) is 7. The van der Waals surface area contributed by atoms with Crippen LogP contribution in [0.25, 0.3) is 0 Å². The summed E-state index contributed by atoms with van der Waals surface area (Å²) in [7, 11) is -4.11. The first kappa shape index (κ1) is 14.9. The normalized spacial score (nSPS) is 11.1. The van der Waals surface area contributed by atoms with Crippen molar-refractivity contribution in [3.05, 3.63) is 45.9 Å². The van der Waals surface area contributed by atoms with E-state index in [0.29, 0.717) is 0 Å². The van der Waals surface area contributed by atoms with E-state index in [1.54, 1.807) is 0 Å². The minimum atomic E-state index is -4.11. The Kier molecular flexibility index (Phi) is 3.91. The van der Waals surface area contributed by atoms with Crippen LogP contribution in [0.4, 0.5) is 11.5 Å². The molecule has 0 saturated carbocycles. The van der Waals surface area contributed by atoms with E-state index in [-0.39, 0.29) is 11.0 Å². The topological polar surface area (TPSA) is 135 Å². The van der Waals surface area contributed by atoms with Gasteiger partial charge in [0, 0.05) is 6.07 Å². The molecule has 11 heteroatoms. The summed E-state index contributed by atoms with van der Waals surface area (Å²) < 4.78 is 26.2. The fourth-order valence-electron chi connectivity index (χ4n) is 1.38. The van der Waals surface area contributed by atoms with Gasteiger partial charge >= 0.3 is 5.69 Å². The van der Waals surface area contributed by atoms with E-state index in [4.69, 9.17) is 11.6 Å². The van der Waals surface area contributed by atoms with E-state index >= 15 is 0 Å². The number of benzene rings is 1. The van der Waals surface area contributed by atoms with Crippen molar-refractivity contribution in [1.29, 1.82) is 0 Å². The first-order valence-electron chi connectivity index (χ1n) is 5.27. The first-order chi connectivity index (χ1) is 9.79. The van der Waals surface area contributed by atoms with Crippen molar-refractivity contribution < 1.29 is 18.4 Å². The minimum Gasteiger partial charge on any atom is -0.502 e. The van der Waals surface area contributed by atoms with Gasteiger partial charge in [0.2, 0.25) is 0 Å². The molecular formula is C10H7ClN4O5S. The minimum absolute atomic E-state index is 0.0817. The maximum Gasteiger partial charge on any atom is 0.312 e. The molecular weight excluding hydrogens is 324 g/mol. The Labute approximate surface area is 123 Å². The summed E-state index contributed by atoms with van der Waals surface area (Å²) in [6.45, 7) is 0. The number of sulfonamides is 1. The summed E-state index contributed by atoms with van der Waals surface area (Å²) >= 11 is 5.52. The Morgan fingerprint density at radius 3 is 2.57 bits per heavy atom. The zero-order valence-electron chi connectivity index (χ0n) is 10.1. The lowest BCUT2D eigenvalue weighted by molar-refractivity contribution is -0.386. The smallest absolute Gasteiger partial charge is 0.312 e. The Morgan fingerprint density at radius 2 is 2.00 bits per heavy atom. The fourth-order valence-corrected chi connectivity index (χ4v) is 2.49. The zero-order valence-corrected chi connectivity index (χ0v) is 11.7. The van der Waals surface area contributed by atoms with Crippen LogP contribution in [-0.2, 0) is 10.0 Å². The van der Waals surface area contributed by atoms with Crippen LogP contribution in [0.15, 0.2) is 35.5 Å². The number of hydrogen-bond donors (Lipinski definition) is 2. The van der Waals surface area contributed by atoms with Crippen molar-refractivity contribution in [3.8, 4) is 5.75 Å². The Hall–Kier alpha value is -2.46. The Balaban J connectivity index is 2.38. The highest BCUT2D eigenvalue weighted by atomic mass is 35.5. The number of nitro benzene ring substituents is 1. The number of nitrogens with one attached hydrogen (secondary N) is 1. The van der Waals surface area contributed by atoms with Gasteiger partial charge in [-0.2, -0.15) is 0 Å². The van der Waals surface area contributed by atoms with Crippen molar-refractivity contribution >= 4 is 33.1 Å². The van der Waals surface area contributed by atoms with Crippen LogP contribution in [-0.4, -0.2) is 28.4 Å². The quantitative estimate of drug-likeness (QED) is 0.641. The third-order valence-electron chi connectivity index (χ3n) is 2.31. The average molecular weight is 331 g/mol. The molecule has 2 rings (SSSR count). The second-order valence-corrected chi connectivity index (χ2v) is 5.81. The molecule has 1 aromatic heterocycles. The van der Waals surface area contributed by atoms with Crippen LogP contribution in [0.3, 0.4) is 0 Å². The number of rotatable bonds is 4. The van der Waals surface area contributed by atoms with Crippen LogP contribution >= 0.6 is 11.6 Å². The van der Waals surface area contributed by atoms with Crippen LogP contribution in [0.5, 0.6) is 5.75 Å². The van der Waals surface area contributed by atoms with Crippen molar-refractivity contribution in [2.24, 2.45) is 0 Å². The van der Waals surface area contributed by atoms with Gasteiger partial charge in [0.25, 0.3) is 10.0 Å². The summed E-state index contributed by atoms with van der Waals surface area (Å²) in [5.74, 6) is -0.736. The molecule has 2 aromatic rings. The molecule has 0 aliphatic carbocycles. The van der Waals surface area contributed by atoms with E-state index in [1.165, 1.54) is 0 Å². The van der Waals surface area contributed by atoms with Gasteiger partial charge in [0.15, 0.2) is 11.6 Å². The number of phenols is 1. The summed E-state index contributed by atoms with van der Waals surface area (Å²) in [5, 5.41) is 20.1. The molecule has 9 nitrogen and oxygen atoms in total. The molecule has 1 heterocycles. The largest absolute Gasteiger partial charge is 0.502 e. The number of nitrogens with zero attached hydrogens (tertiary/aromatic N) is 3. The Morgan fingerprint density at radius 1 is 1.29 bits per heavy atom. The SMILES string of the molecule is O=[N+]([O-])c1cc(S(=O)(=O)Nc2cnc(Cl)cn2)ccc1O. The van der Waals surface area contributed by atoms with Crippen molar-refractivity contribution in [3.63, 3.8) is 0 Å². The predicted octanol–water partition coefficient (Wildman–Crippen LogP) is 1.54. The summed E-state index contributed by atoms with van der Waals surface area (Å²) in [6.07, 6.45) is 2.23. The van der Waals surface area contributed by atoms with Crippen LogP contribution < -0.4 is 4.72 Å². The maximum absolute atomic E-state index is 12.1. The number of phenolic OH excluding ortho intramolecular Hbond substituents is 1. The molecule has 0 aliphatic heterocycles. The van der Waals surface area contributed by atoms with Gasteiger partial charge in [0.05, 0.1) is 22.2 Å². The molecule has 21 heavy (non-hydrogen) atoms. The predicted molar refractivity (Wildman–Crippen MR) is 72.6 cm³/mol. The standard InChI is InChI=1S/C10H7ClN4O5S/c11-9-4-13-10(5-12-9)14-21(19,20)6-1-2-8(16)7(3-6)15(17)18/h1-5,16H,(H,13,14). The molecule has 110 valence electrons. The van der Waals surface area contributed by atoms with Crippen molar-refractivity contribution in [2.45, 2.75) is 4.90 Å². The van der Waals surface area contributed by atoms with Gasteiger partial charge in [-0.05, 0) is 12.1 Å². The van der Waals surface area contributed by atoms with Gasteiger partial charge in [-0.15, -0.1) is 0 Å². The second-order valence-electron chi connectivity index (χ2n) is 3.74. The summed E-state index contributed by atoms with van der Waals surface area (Å²) in [5.41, 5.74) is -0.722. The molecule has 0 atom stereocenters. The number of aromatic nitrogens is 2. The van der Waals surface area contributed by atoms with E-state index in [1.807, 2.05) is 0 Å². The molecule has 0 radical (unpaired) electrons. The molecule has 0 unspecified atom stereocenters. The van der Waals surface area contributed by atoms with Gasteiger partial charge in [0.1, 0.15) is 5.15 Å². The molecule has 0 saturated heterocycles. The van der Waals surface area contributed by atoms with Crippen molar-refractivity contribution in [2.75, 3.05) is 4.72 Å². The number of nitro groups is 1. The number of aromatic hydroxyl groups is 1. The van der Waals surface area contributed by atoms with Gasteiger partial charge in [-0.1, -0.05) is 11.6 Å². The lowest BCUT2D eigenvalue weighted by atomic mass is 10.3. The first-order valence-corrected chi connectivity index (χ1v) is 7.13. The van der Waals surface area contributed by atoms with Crippen molar-refractivity contribution in [1.82, 2.24) is 9.97 Å². The lowest BCUT2D eigenvalue weighted by Gasteiger charge is -2.07. The number of halogens is 1. The van der Waals surface area contributed by atoms with E-state index < -0.39 is 31.3 Å². The molecule has 0 aliphatic rings. The third kappa shape index (κ3) is 3.35. The molecule has 0 bridgehead atoms. The third-order valence-corrected chi connectivity index (χ3v) is 3.86. The van der Waals surface area contributed by atoms with Crippen LogP contribution in [0.1, 0.15) is 0 Å². The van der Waals surface area contributed by atoms with E-state index in [9.17, 15) is 23.6 Å². The van der Waals surface area contributed by atoms with Gasteiger partial charge < -0.3 is 5.11 Å². The molecule has 1 aromatic carbocycles. The molecule has 2 N–H and O–H groups in total. The fraction of sp³-hybridized carbons (Fsp3) is 0. The molecule has 0 amide bonds. The molecule has 0 spiro atoms. The lowest BCUT2D eigenvalue weighted by Crippen LogP contribution is -2.14. The van der Waals surface area contributed by atoms with Gasteiger partial charge in [-0.3, -0.25) is 14.8 Å². The molecule has 0 fully saturated rings. The average Bonchev–Trinajstić information content (AvgIpc) is 2.41. The van der Waals surface area contributed by atoms with Crippen LogP contribution in [0.2, 0.25) is 5.15 Å². The summed E-state index contributed by atoms with van der Waals surface area (Å²) in [6, 6.07) is 2.68. The number of anilines is 1. The van der Waals surface area contributed by atoms with E-state index in [0.717, 1.165) is 30.6 Å².